The maximum atomic E-state index is 13.0. The van der Waals surface area contributed by atoms with Crippen LogP contribution in [0, 0.1) is 6.92 Å². The van der Waals surface area contributed by atoms with Gasteiger partial charge in [-0.25, -0.2) is 4.98 Å². The van der Waals surface area contributed by atoms with Crippen molar-refractivity contribution in [3.63, 3.8) is 0 Å². The number of halogens is 1. The number of benzene rings is 3. The summed E-state index contributed by atoms with van der Waals surface area (Å²) in [5.74, 6) is 2.56. The summed E-state index contributed by atoms with van der Waals surface area (Å²) in [6, 6.07) is 21.3. The molecule has 0 unspecified atom stereocenters. The van der Waals surface area contributed by atoms with E-state index >= 15 is 0 Å². The normalized spacial score (nSPS) is 15.8. The van der Waals surface area contributed by atoms with Crippen LogP contribution in [0.5, 0.6) is 11.5 Å². The maximum Gasteiger partial charge on any atom is 0.227 e. The number of aromatic nitrogens is 2. The second-order valence-corrected chi connectivity index (χ2v) is 8.91. The van der Waals surface area contributed by atoms with Crippen LogP contribution in [0.4, 0.5) is 5.69 Å². The molecule has 7 heteroatoms. The lowest BCUT2D eigenvalue weighted by molar-refractivity contribution is -0.117. The van der Waals surface area contributed by atoms with Crippen molar-refractivity contribution in [2.24, 2.45) is 0 Å². The van der Waals surface area contributed by atoms with E-state index in [9.17, 15) is 4.79 Å². The van der Waals surface area contributed by atoms with Crippen molar-refractivity contribution in [1.82, 2.24) is 9.55 Å². The highest BCUT2D eigenvalue weighted by atomic mass is 35.5. The number of amides is 1. The first-order valence-electron chi connectivity index (χ1n) is 11.3. The summed E-state index contributed by atoms with van der Waals surface area (Å²) in [4.78, 5) is 19.8. The van der Waals surface area contributed by atoms with Crippen LogP contribution in [0.2, 0.25) is 5.02 Å². The van der Waals surface area contributed by atoms with Crippen molar-refractivity contribution < 1.29 is 14.3 Å². The predicted octanol–water partition coefficient (Wildman–Crippen LogP) is 5.61. The Balaban J connectivity index is 1.39. The molecule has 0 bridgehead atoms. The molecule has 1 saturated heterocycles. The smallest absolute Gasteiger partial charge is 0.227 e. The molecule has 174 valence electrons. The van der Waals surface area contributed by atoms with Gasteiger partial charge in [0, 0.05) is 29.6 Å². The molecule has 1 amide bonds. The van der Waals surface area contributed by atoms with Gasteiger partial charge >= 0.3 is 0 Å². The molecule has 0 saturated carbocycles. The van der Waals surface area contributed by atoms with Crippen LogP contribution in [0.1, 0.15) is 23.7 Å². The average molecular weight is 476 g/mol. The molecule has 5 rings (SSSR count). The van der Waals surface area contributed by atoms with Crippen molar-refractivity contribution in [3.8, 4) is 11.5 Å². The number of aryl methyl sites for hydroxylation is 1. The van der Waals surface area contributed by atoms with Crippen LogP contribution in [0.3, 0.4) is 0 Å². The van der Waals surface area contributed by atoms with Gasteiger partial charge in [-0.15, -0.1) is 0 Å². The van der Waals surface area contributed by atoms with E-state index in [2.05, 4.69) is 10.6 Å². The van der Waals surface area contributed by atoms with Gasteiger partial charge in [-0.05, 0) is 61.0 Å². The number of ether oxygens (including phenoxy) is 2. The van der Waals surface area contributed by atoms with E-state index in [0.717, 1.165) is 39.6 Å². The zero-order valence-electron chi connectivity index (χ0n) is 19.2. The van der Waals surface area contributed by atoms with E-state index in [1.807, 2.05) is 72.5 Å². The summed E-state index contributed by atoms with van der Waals surface area (Å²) >= 11 is 6.22. The summed E-state index contributed by atoms with van der Waals surface area (Å²) in [7, 11) is 1.64. The van der Waals surface area contributed by atoms with E-state index in [4.69, 9.17) is 26.1 Å². The first-order chi connectivity index (χ1) is 16.5. The number of carbonyl (C=O) groups excluding carboxylic acids is 1. The largest absolute Gasteiger partial charge is 0.497 e. The molecular formula is C27H26ClN3O3. The minimum absolute atomic E-state index is 0.0146. The standard InChI is InChI=1S/C27H26ClN3O3/c1-18-7-8-20(28)16-25(18)31-17-19(15-26(31)32)27-29-23-5-3-4-6-24(23)30(27)13-14-34-22-11-9-21(33-2)10-12-22/h3-12,16,19H,13-15,17H2,1-2H3/t19-/m0/s1. The van der Waals surface area contributed by atoms with Crippen molar-refractivity contribution in [2.45, 2.75) is 25.8 Å². The predicted molar refractivity (Wildman–Crippen MR) is 134 cm³/mol. The molecule has 4 aromatic rings. The Kier molecular flexibility index (Phi) is 6.16. The van der Waals surface area contributed by atoms with Gasteiger partial charge in [0.1, 0.15) is 23.9 Å². The zero-order chi connectivity index (χ0) is 23.7. The second kappa shape index (κ2) is 9.39. The van der Waals surface area contributed by atoms with Crippen molar-refractivity contribution in [2.75, 3.05) is 25.2 Å². The topological polar surface area (TPSA) is 56.6 Å². The number of anilines is 1. The van der Waals surface area contributed by atoms with Crippen molar-refractivity contribution >= 4 is 34.2 Å². The molecule has 1 aliphatic heterocycles. The van der Waals surface area contributed by atoms with Crippen LogP contribution in [0.25, 0.3) is 11.0 Å². The van der Waals surface area contributed by atoms with Gasteiger partial charge in [-0.2, -0.15) is 0 Å². The van der Waals surface area contributed by atoms with Crippen LogP contribution >= 0.6 is 11.6 Å². The molecule has 1 fully saturated rings. The fourth-order valence-electron chi connectivity index (χ4n) is 4.55. The fourth-order valence-corrected chi connectivity index (χ4v) is 4.72. The van der Waals surface area contributed by atoms with Crippen LogP contribution in [0.15, 0.2) is 66.7 Å². The van der Waals surface area contributed by atoms with Crippen LogP contribution < -0.4 is 14.4 Å². The van der Waals surface area contributed by atoms with Crippen LogP contribution in [-0.4, -0.2) is 35.7 Å². The van der Waals surface area contributed by atoms with Gasteiger partial charge in [-0.1, -0.05) is 29.8 Å². The lowest BCUT2D eigenvalue weighted by Crippen LogP contribution is -2.25. The molecule has 3 aromatic carbocycles. The Morgan fingerprint density at radius 3 is 2.62 bits per heavy atom. The number of nitrogens with zero attached hydrogens (tertiary/aromatic N) is 3. The second-order valence-electron chi connectivity index (χ2n) is 8.47. The zero-order valence-corrected chi connectivity index (χ0v) is 20.0. The summed E-state index contributed by atoms with van der Waals surface area (Å²) in [5, 5.41) is 0.625. The Morgan fingerprint density at radius 1 is 1.06 bits per heavy atom. The lowest BCUT2D eigenvalue weighted by atomic mass is 10.1. The number of methoxy groups -OCH3 is 1. The molecule has 1 atom stereocenters. The van der Waals surface area contributed by atoms with Crippen molar-refractivity contribution in [3.05, 3.63) is 83.1 Å². The third-order valence-corrected chi connectivity index (χ3v) is 6.51. The summed E-state index contributed by atoms with van der Waals surface area (Å²) in [6.07, 6.45) is 0.411. The Morgan fingerprint density at radius 2 is 1.82 bits per heavy atom. The molecular weight excluding hydrogens is 450 g/mol. The SMILES string of the molecule is COc1ccc(OCCn2c([C@H]3CC(=O)N(c4cc(Cl)ccc4C)C3)nc3ccccc32)cc1. The first kappa shape index (κ1) is 22.3. The van der Waals surface area contributed by atoms with Gasteiger partial charge < -0.3 is 18.9 Å². The number of rotatable bonds is 7. The number of carbonyl (C=O) groups is 1. The molecule has 34 heavy (non-hydrogen) atoms. The van der Waals surface area contributed by atoms with Gasteiger partial charge in [-0.3, -0.25) is 4.79 Å². The quantitative estimate of drug-likeness (QED) is 0.349. The molecule has 2 heterocycles. The van der Waals surface area contributed by atoms with E-state index in [1.54, 1.807) is 7.11 Å². The van der Waals surface area contributed by atoms with E-state index in [0.29, 0.717) is 31.1 Å². The highest BCUT2D eigenvalue weighted by molar-refractivity contribution is 6.31. The highest BCUT2D eigenvalue weighted by Gasteiger charge is 2.35. The first-order valence-corrected chi connectivity index (χ1v) is 11.7. The van der Waals surface area contributed by atoms with Gasteiger partial charge in [0.2, 0.25) is 5.91 Å². The number of imidazole rings is 1. The Labute approximate surface area is 203 Å². The number of fused-ring (bicyclic) bond motifs is 1. The minimum Gasteiger partial charge on any atom is -0.497 e. The molecule has 1 aromatic heterocycles. The van der Waals surface area contributed by atoms with Gasteiger partial charge in [0.25, 0.3) is 0 Å². The molecule has 1 aliphatic rings. The Bertz CT molecular complexity index is 1330. The highest BCUT2D eigenvalue weighted by Crippen LogP contribution is 2.35. The van der Waals surface area contributed by atoms with E-state index in [-0.39, 0.29) is 11.8 Å². The maximum absolute atomic E-state index is 13.0. The third-order valence-electron chi connectivity index (χ3n) is 6.28. The number of hydrogen-bond donors (Lipinski definition) is 0. The third kappa shape index (κ3) is 4.33. The summed E-state index contributed by atoms with van der Waals surface area (Å²) in [6.45, 7) is 3.68. The van der Waals surface area contributed by atoms with Gasteiger partial charge in [0.05, 0.1) is 24.7 Å². The molecule has 0 N–H and O–H groups in total. The van der Waals surface area contributed by atoms with Crippen LogP contribution in [-0.2, 0) is 11.3 Å². The van der Waals surface area contributed by atoms with Gasteiger partial charge in [0.15, 0.2) is 0 Å². The Hall–Kier alpha value is -3.51. The van der Waals surface area contributed by atoms with Crippen molar-refractivity contribution in [1.29, 1.82) is 0 Å². The molecule has 0 aliphatic carbocycles. The fraction of sp³-hybridized carbons (Fsp3) is 0.259. The molecule has 0 spiro atoms. The molecule has 0 radical (unpaired) electrons. The summed E-state index contributed by atoms with van der Waals surface area (Å²) in [5.41, 5.74) is 3.86. The van der Waals surface area contributed by atoms with E-state index < -0.39 is 0 Å². The average Bonchev–Trinajstić information content (AvgIpc) is 3.41. The minimum atomic E-state index is -0.0146. The lowest BCUT2D eigenvalue weighted by Gasteiger charge is -2.20. The number of hydrogen-bond acceptors (Lipinski definition) is 4. The monoisotopic (exact) mass is 475 g/mol. The van der Waals surface area contributed by atoms with E-state index in [1.165, 1.54) is 0 Å². The molecule has 6 nitrogen and oxygen atoms in total. The summed E-state index contributed by atoms with van der Waals surface area (Å²) < 4.78 is 13.4. The number of para-hydroxylation sites is 2.